The maximum Gasteiger partial charge on any atom is 0.174 e. The summed E-state index contributed by atoms with van der Waals surface area (Å²) < 4.78 is 29.0. The predicted octanol–water partition coefficient (Wildman–Crippen LogP) is 24.6. The molecule has 11 aromatic carbocycles. The number of likely N-dealkylation sites (N-methyl/N-ethyl adjacent to an activating group) is 6. The quantitative estimate of drug-likeness (QED) is 0.0352. The fraction of sp³-hybridized carbons (Fsp3) is 0.363. The van der Waals surface area contributed by atoms with Gasteiger partial charge in [0.05, 0.1) is 39.3 Å². The van der Waals surface area contributed by atoms with Crippen LogP contribution < -0.4 is 23.7 Å². The lowest BCUT2D eigenvalue weighted by Crippen LogP contribution is -2.31. The molecule has 1 heterocycles. The first-order chi connectivity index (χ1) is 68.0. The maximum atomic E-state index is 9.15. The van der Waals surface area contributed by atoms with E-state index in [2.05, 4.69) is 284 Å². The van der Waals surface area contributed by atoms with Gasteiger partial charge in [0.15, 0.2) is 5.82 Å². The van der Waals surface area contributed by atoms with E-state index >= 15 is 0 Å². The van der Waals surface area contributed by atoms with Gasteiger partial charge in [-0.1, -0.05) is 328 Å². The van der Waals surface area contributed by atoms with Crippen molar-refractivity contribution >= 4 is 0 Å². The summed E-state index contributed by atoms with van der Waals surface area (Å²) in [4.78, 5) is 13.0. The molecule has 0 aliphatic heterocycles. The number of benzene rings is 11. The molecular weight excluding hydrogens is 1730 g/mol. The average molecular weight is 1890 g/mol. The topological polar surface area (TPSA) is 140 Å². The SMILES string of the molecule is C#CCN(C)C(C)Cc1ccc(O)cc1.C#CCN(C)C(C)Cc1ccc(OCc2ccccc2)cc1.C#CCN(C)C(C)Cc1ccc(OCc2ccccc2)cc1.C#CCN(C)C(C)Cc1ccc(OCc2ccccc2)cc1.C#CCN(C)C(C)Cc1ccc(OCc2ccccc2)cc1.C#CCN(C)C(C)Cc1ccc(OCc2ccccc2)cc1.CC.CC.CC.CC.CCc1nn[nH]n1. The Labute approximate surface area is 846 Å². The second kappa shape index (κ2) is 77.4. The Bertz CT molecular complexity index is 4630. The van der Waals surface area contributed by atoms with Crippen molar-refractivity contribution in [2.45, 2.75) is 218 Å². The lowest BCUT2D eigenvalue weighted by atomic mass is 10.1. The minimum atomic E-state index is 0.309. The Morgan fingerprint density at radius 1 is 0.257 bits per heavy atom. The number of phenolic OH excluding ortho intramolecular Hbond substituents is 1. The van der Waals surface area contributed by atoms with Crippen LogP contribution in [0.5, 0.6) is 34.5 Å². The molecule has 0 aliphatic carbocycles. The number of rotatable bonds is 40. The van der Waals surface area contributed by atoms with Crippen molar-refractivity contribution in [2.24, 2.45) is 0 Å². The monoisotopic (exact) mass is 1890 g/mol. The van der Waals surface area contributed by atoms with Crippen LogP contribution in [0.3, 0.4) is 0 Å². The highest BCUT2D eigenvalue weighted by atomic mass is 16.5. The van der Waals surface area contributed by atoms with Gasteiger partial charge in [0.25, 0.3) is 0 Å². The van der Waals surface area contributed by atoms with E-state index in [1.54, 1.807) is 12.1 Å². The third-order valence-corrected chi connectivity index (χ3v) is 22.2. The Kier molecular flexibility index (Phi) is 67.7. The van der Waals surface area contributed by atoms with E-state index in [1.165, 1.54) is 61.2 Å². The van der Waals surface area contributed by atoms with Crippen LogP contribution in [0.15, 0.2) is 297 Å². The van der Waals surface area contributed by atoms with Gasteiger partial charge in [0.2, 0.25) is 0 Å². The van der Waals surface area contributed by atoms with Crippen LogP contribution in [-0.2, 0) is 78.0 Å². The molecule has 6 unspecified atom stereocenters. The molecule has 0 saturated carbocycles. The fourth-order valence-corrected chi connectivity index (χ4v) is 13.1. The van der Waals surface area contributed by atoms with Crippen LogP contribution in [0, 0.1) is 74.1 Å². The van der Waals surface area contributed by atoms with Crippen molar-refractivity contribution in [3.05, 3.63) is 364 Å². The Morgan fingerprint density at radius 2 is 0.421 bits per heavy atom. The molecule has 16 heteroatoms. The molecule has 0 fully saturated rings. The number of nitrogens with zero attached hydrogens (tertiary/aromatic N) is 9. The number of aromatic amines is 1. The molecule has 2 N–H and O–H groups in total. The summed E-state index contributed by atoms with van der Waals surface area (Å²) in [5, 5.41) is 22.2. The molecule has 0 spiro atoms. The summed E-state index contributed by atoms with van der Waals surface area (Å²) in [6, 6.07) is 102. The zero-order chi connectivity index (χ0) is 103. The standard InChI is InChI=1S/5C20H23NO.C13H17NO.C3H6N4.4C2H6/c5*1-4-14-21(3)17(2)15-18-10-12-20(13-11-18)22-16-19-8-6-5-7-9-19;1-4-9-14(3)11(2)10-12-5-7-13(15)8-6-12;1-2-3-4-6-7-5-3;4*1-2/h5*1,5-13,17H,14-16H2,2-3H3;1,5-8,11,15H,9-10H2,2-3H3;2H2,1H3,(H,4,5,6,7);4*1-2H3. The van der Waals surface area contributed by atoms with E-state index in [-0.39, 0.29) is 0 Å². The lowest BCUT2D eigenvalue weighted by Gasteiger charge is -2.22. The first-order valence-corrected chi connectivity index (χ1v) is 49.1. The van der Waals surface area contributed by atoms with Gasteiger partial charge in [-0.05, 0) is 256 Å². The van der Waals surface area contributed by atoms with Crippen molar-refractivity contribution < 1.29 is 28.8 Å². The first kappa shape index (κ1) is 122. The van der Waals surface area contributed by atoms with E-state index in [0.29, 0.717) is 114 Å². The molecule has 12 aromatic rings. The number of ether oxygens (including phenoxy) is 5. The van der Waals surface area contributed by atoms with E-state index < -0.39 is 0 Å². The number of tetrazole rings is 1. The second-order valence-electron chi connectivity index (χ2n) is 33.0. The summed E-state index contributed by atoms with van der Waals surface area (Å²) in [7, 11) is 12.3. The molecule has 6 atom stereocenters. The van der Waals surface area contributed by atoms with Gasteiger partial charge in [-0.15, -0.1) is 48.7 Å². The predicted molar refractivity (Wildman–Crippen MR) is 591 cm³/mol. The molecule has 744 valence electrons. The van der Waals surface area contributed by atoms with E-state index in [4.69, 9.17) is 67.3 Å². The van der Waals surface area contributed by atoms with Gasteiger partial charge < -0.3 is 28.8 Å². The zero-order valence-corrected chi connectivity index (χ0v) is 88.0. The first-order valence-electron chi connectivity index (χ1n) is 49.1. The minimum absolute atomic E-state index is 0.309. The molecule has 0 aliphatic rings. The van der Waals surface area contributed by atoms with Crippen LogP contribution in [0.25, 0.3) is 0 Å². The molecule has 0 saturated heterocycles. The number of aromatic hydroxyl groups is 1. The number of aryl methyl sites for hydroxylation is 1. The number of phenols is 1. The van der Waals surface area contributed by atoms with E-state index in [0.717, 1.165) is 79.5 Å². The summed E-state index contributed by atoms with van der Waals surface area (Å²) in [5.41, 5.74) is 13.6. The van der Waals surface area contributed by atoms with Gasteiger partial charge in [0, 0.05) is 42.7 Å². The number of nitrogens with one attached hydrogen (secondary N) is 1. The molecule has 140 heavy (non-hydrogen) atoms. The van der Waals surface area contributed by atoms with Crippen molar-refractivity contribution in [1.29, 1.82) is 0 Å². The third-order valence-electron chi connectivity index (χ3n) is 22.2. The number of hydrogen-bond donors (Lipinski definition) is 2. The number of aromatic nitrogens is 4. The van der Waals surface area contributed by atoms with Crippen molar-refractivity contribution in [3.8, 4) is 109 Å². The minimum Gasteiger partial charge on any atom is -0.508 e. The molecule has 0 radical (unpaired) electrons. The average Bonchev–Trinajstić information content (AvgIpc) is 1.17. The largest absolute Gasteiger partial charge is 0.508 e. The van der Waals surface area contributed by atoms with Crippen LogP contribution >= 0.6 is 0 Å². The van der Waals surface area contributed by atoms with Gasteiger partial charge in [-0.2, -0.15) is 5.21 Å². The Morgan fingerprint density at radius 3 is 0.557 bits per heavy atom. The van der Waals surface area contributed by atoms with Crippen molar-refractivity contribution in [2.75, 3.05) is 81.6 Å². The molecule has 0 bridgehead atoms. The van der Waals surface area contributed by atoms with Crippen LogP contribution in [0.4, 0.5) is 0 Å². The highest BCUT2D eigenvalue weighted by Crippen LogP contribution is 2.24. The summed E-state index contributed by atoms with van der Waals surface area (Å²) >= 11 is 0. The molecular formula is C124H162N10O6. The van der Waals surface area contributed by atoms with E-state index in [1.807, 2.05) is 233 Å². The number of terminal acetylenes is 6. The van der Waals surface area contributed by atoms with Crippen LogP contribution in [0.2, 0.25) is 0 Å². The second-order valence-corrected chi connectivity index (χ2v) is 33.0. The van der Waals surface area contributed by atoms with Gasteiger partial charge in [-0.3, -0.25) is 29.4 Å². The number of H-pyrrole nitrogens is 1. The zero-order valence-electron chi connectivity index (χ0n) is 88.0. The van der Waals surface area contributed by atoms with Crippen LogP contribution in [0.1, 0.15) is 171 Å². The summed E-state index contributed by atoms with van der Waals surface area (Å²) in [5.74, 6) is 21.6. The molecule has 0 amide bonds. The fourth-order valence-electron chi connectivity index (χ4n) is 13.1. The Hall–Kier alpha value is -13.6. The maximum absolute atomic E-state index is 9.15. The van der Waals surface area contributed by atoms with Crippen molar-refractivity contribution in [3.63, 3.8) is 0 Å². The molecule has 1 aromatic heterocycles. The van der Waals surface area contributed by atoms with Gasteiger partial charge >= 0.3 is 0 Å². The number of hydrogen-bond acceptors (Lipinski definition) is 15. The summed E-state index contributed by atoms with van der Waals surface area (Å²) in [6.07, 6.45) is 38.7. The summed E-state index contributed by atoms with van der Waals surface area (Å²) in [6.45, 7) is 38.1. The molecule has 12 rings (SSSR count). The van der Waals surface area contributed by atoms with Gasteiger partial charge in [0.1, 0.15) is 67.5 Å². The highest BCUT2D eigenvalue weighted by molar-refractivity contribution is 5.34. The third kappa shape index (κ3) is 54.5. The Balaban J connectivity index is 0.000000553. The smallest absolute Gasteiger partial charge is 0.174 e. The normalized spacial score (nSPS) is 11.3. The lowest BCUT2D eigenvalue weighted by molar-refractivity contribution is 0.286. The van der Waals surface area contributed by atoms with Gasteiger partial charge in [-0.25, -0.2) is 0 Å². The van der Waals surface area contributed by atoms with E-state index in [9.17, 15) is 0 Å². The highest BCUT2D eigenvalue weighted by Gasteiger charge is 2.16. The molecule has 16 nitrogen and oxygen atoms in total. The van der Waals surface area contributed by atoms with Crippen molar-refractivity contribution in [1.82, 2.24) is 50.0 Å². The van der Waals surface area contributed by atoms with Crippen LogP contribution in [-0.4, -0.2) is 173 Å².